The summed E-state index contributed by atoms with van der Waals surface area (Å²) in [5.41, 5.74) is 16.4. The monoisotopic (exact) mass is 1430 g/mol. The fraction of sp³-hybridized carbons (Fsp3) is 0. The van der Waals surface area contributed by atoms with Gasteiger partial charge in [0.1, 0.15) is 0 Å². The van der Waals surface area contributed by atoms with Crippen molar-refractivity contribution in [3.8, 4) is 124 Å². The Hall–Kier alpha value is -14.0. The highest BCUT2D eigenvalue weighted by molar-refractivity contribution is 7.26. The third-order valence-corrected chi connectivity index (χ3v) is 24.4. The molecule has 0 bridgehead atoms. The van der Waals surface area contributed by atoms with Crippen LogP contribution >= 0.6 is 22.7 Å². The average Bonchev–Trinajstić information content (AvgIpc) is 1.29. The molecule has 0 aliphatic heterocycles. The summed E-state index contributed by atoms with van der Waals surface area (Å²) in [7, 11) is 0. The number of nitrogens with zero attached hydrogens (tertiary/aromatic N) is 6. The van der Waals surface area contributed by atoms with E-state index in [1.165, 1.54) is 53.2 Å². The van der Waals surface area contributed by atoms with Crippen molar-refractivity contribution in [1.82, 2.24) is 29.9 Å². The molecule has 0 aliphatic carbocycles. The smallest absolute Gasteiger partial charge is 0.165 e. The van der Waals surface area contributed by atoms with Crippen molar-refractivity contribution in [1.29, 1.82) is 0 Å². The molecule has 18 aromatic carbocycles. The van der Waals surface area contributed by atoms with E-state index in [2.05, 4.69) is 364 Å². The van der Waals surface area contributed by atoms with E-state index in [1.807, 2.05) is 0 Å². The number of aromatic nitrogens is 6. The first-order valence-electron chi connectivity index (χ1n) is 37.1. The molecule has 0 atom stereocenters. The Bertz CT molecular complexity index is 7570. The van der Waals surface area contributed by atoms with E-state index in [1.54, 1.807) is 22.7 Å². The molecule has 0 radical (unpaired) electrons. The summed E-state index contributed by atoms with van der Waals surface area (Å²) in [6.45, 7) is 0. The number of benzene rings is 18. The van der Waals surface area contributed by atoms with Gasteiger partial charge in [0.15, 0.2) is 34.9 Å². The van der Waals surface area contributed by atoms with E-state index >= 15 is 0 Å². The van der Waals surface area contributed by atoms with E-state index in [0.717, 1.165) is 141 Å². The number of hydrogen-bond acceptors (Lipinski definition) is 8. The van der Waals surface area contributed by atoms with Gasteiger partial charge in [-0.15, -0.1) is 22.7 Å². The second-order valence-corrected chi connectivity index (χ2v) is 30.5. The first kappa shape index (κ1) is 63.3. The highest BCUT2D eigenvalue weighted by Crippen LogP contribution is 2.48. The quantitative estimate of drug-likeness (QED) is 0.120. The van der Waals surface area contributed by atoms with Crippen molar-refractivity contribution in [2.45, 2.75) is 0 Å². The van der Waals surface area contributed by atoms with Gasteiger partial charge in [-0.05, 0) is 187 Å². The summed E-state index contributed by atoms with van der Waals surface area (Å²) in [6, 6.07) is 131. The van der Waals surface area contributed by atoms with E-state index in [-0.39, 0.29) is 0 Å². The highest BCUT2D eigenvalue weighted by Gasteiger charge is 2.26. The normalized spacial score (nSPS) is 11.8. The molecule has 4 aromatic heterocycles. The van der Waals surface area contributed by atoms with Crippen LogP contribution in [0.5, 0.6) is 0 Å². The molecule has 0 saturated carbocycles. The maximum atomic E-state index is 5.73. The van der Waals surface area contributed by atoms with E-state index < -0.39 is 0 Å². The SMILES string of the molecule is c1ccc(-c2ccc3ccc(-c4ccc5sc6c(-c7nc(-c8cccc(-c9ccc%10ccccc%10c9)c8)nc(-c8c(-c9cc%10ccccc%10c%10ccccc9%10)ccc9ccccc89)n7)cccc6c5c4)cc3c2-c2nc(-c3cccc(-c4ccc5ccccc5c4)c3)nc(-c3cccc4c3sc3ccccc34)n2)cc1. The maximum absolute atomic E-state index is 5.73. The van der Waals surface area contributed by atoms with Crippen LogP contribution < -0.4 is 0 Å². The number of rotatable bonds is 11. The van der Waals surface area contributed by atoms with Crippen LogP contribution in [-0.4, -0.2) is 29.9 Å². The molecule has 8 heteroatoms. The van der Waals surface area contributed by atoms with Gasteiger partial charge in [0, 0.05) is 73.7 Å². The third kappa shape index (κ3) is 10.8. The Labute approximate surface area is 640 Å². The summed E-state index contributed by atoms with van der Waals surface area (Å²) in [5, 5.41) is 18.4. The molecule has 510 valence electrons. The van der Waals surface area contributed by atoms with Gasteiger partial charge < -0.3 is 0 Å². The number of hydrogen-bond donors (Lipinski definition) is 0. The molecular formula is C102H60N6S2. The Morgan fingerprint density at radius 2 is 0.545 bits per heavy atom. The van der Waals surface area contributed by atoms with Gasteiger partial charge >= 0.3 is 0 Å². The molecule has 4 heterocycles. The fourth-order valence-corrected chi connectivity index (χ4v) is 19.0. The van der Waals surface area contributed by atoms with Gasteiger partial charge in [0.25, 0.3) is 0 Å². The van der Waals surface area contributed by atoms with Gasteiger partial charge in [0.2, 0.25) is 0 Å². The Morgan fingerprint density at radius 1 is 0.155 bits per heavy atom. The van der Waals surface area contributed by atoms with E-state index in [0.29, 0.717) is 34.9 Å². The molecule has 0 fully saturated rings. The van der Waals surface area contributed by atoms with Crippen LogP contribution in [-0.2, 0) is 0 Å². The Kier molecular flexibility index (Phi) is 14.9. The van der Waals surface area contributed by atoms with Gasteiger partial charge in [-0.25, -0.2) is 29.9 Å². The molecule has 0 saturated heterocycles. The van der Waals surface area contributed by atoms with Crippen LogP contribution in [0.25, 0.3) is 229 Å². The van der Waals surface area contributed by atoms with Crippen molar-refractivity contribution in [3.63, 3.8) is 0 Å². The Balaban J connectivity index is 0.720. The molecule has 22 aromatic rings. The predicted molar refractivity (Wildman–Crippen MR) is 464 cm³/mol. The molecule has 0 aliphatic rings. The number of thiophene rings is 2. The molecule has 0 unspecified atom stereocenters. The molecule has 0 N–H and O–H groups in total. The zero-order chi connectivity index (χ0) is 72.3. The van der Waals surface area contributed by atoms with Gasteiger partial charge in [-0.2, -0.15) is 0 Å². The van der Waals surface area contributed by atoms with Crippen LogP contribution in [0.3, 0.4) is 0 Å². The standard InChI is InChI=1S/C102H60N6S2/c1-2-22-63(23-3-1)79-51-48-65-44-47-72(58-88(65)94(79)102-106-98(76-31-17-29-69(57-76)71-46-43-62-21-5-7-26-67(62)55-71)104-99(108-102)86-39-18-37-84-82-36-14-15-41-91(82)109-95(84)86)73-50-53-92-90(59-73)85-38-19-40-87(96(85)110-92)100-103-97(75-30-16-28-68(56-75)70-45-42-61-20-4-6-25-66(61)54-70)105-101(107-100)93-78-33-11-8-24-64(78)49-52-83(93)89-60-74-27-9-10-32-77(74)80-34-12-13-35-81(80)89/h1-60H. The summed E-state index contributed by atoms with van der Waals surface area (Å²) in [6.07, 6.45) is 0. The third-order valence-electron chi connectivity index (χ3n) is 21.9. The highest BCUT2D eigenvalue weighted by atomic mass is 32.1. The van der Waals surface area contributed by atoms with E-state index in [4.69, 9.17) is 29.9 Å². The predicted octanol–water partition coefficient (Wildman–Crippen LogP) is 28.0. The van der Waals surface area contributed by atoms with Crippen LogP contribution in [0, 0.1) is 0 Å². The minimum Gasteiger partial charge on any atom is -0.208 e. The minimum atomic E-state index is 0.589. The lowest BCUT2D eigenvalue weighted by molar-refractivity contribution is 1.08. The summed E-state index contributed by atoms with van der Waals surface area (Å²) < 4.78 is 4.60. The van der Waals surface area contributed by atoms with Crippen molar-refractivity contribution < 1.29 is 0 Å². The number of fused-ring (bicyclic) bond motifs is 13. The van der Waals surface area contributed by atoms with Crippen LogP contribution in [0.15, 0.2) is 364 Å². The average molecular weight is 1430 g/mol. The molecule has 22 rings (SSSR count). The fourth-order valence-electron chi connectivity index (χ4n) is 16.6. The zero-order valence-electron chi connectivity index (χ0n) is 59.1. The van der Waals surface area contributed by atoms with Crippen LogP contribution in [0.1, 0.15) is 0 Å². The molecule has 0 amide bonds. The second-order valence-electron chi connectivity index (χ2n) is 28.4. The van der Waals surface area contributed by atoms with Gasteiger partial charge in [-0.3, -0.25) is 0 Å². The zero-order valence-corrected chi connectivity index (χ0v) is 60.8. The van der Waals surface area contributed by atoms with Crippen LogP contribution in [0.2, 0.25) is 0 Å². The molecule has 0 spiro atoms. The second kappa shape index (κ2) is 25.9. The van der Waals surface area contributed by atoms with Crippen molar-refractivity contribution in [2.75, 3.05) is 0 Å². The van der Waals surface area contributed by atoms with Crippen molar-refractivity contribution in [3.05, 3.63) is 364 Å². The van der Waals surface area contributed by atoms with Crippen LogP contribution in [0.4, 0.5) is 0 Å². The summed E-state index contributed by atoms with van der Waals surface area (Å²) in [5.74, 6) is 3.58. The first-order chi connectivity index (χ1) is 54.5. The molecule has 6 nitrogen and oxygen atoms in total. The van der Waals surface area contributed by atoms with E-state index in [9.17, 15) is 0 Å². The van der Waals surface area contributed by atoms with Gasteiger partial charge in [-0.1, -0.05) is 297 Å². The Morgan fingerprint density at radius 3 is 1.18 bits per heavy atom. The summed E-state index contributed by atoms with van der Waals surface area (Å²) >= 11 is 3.56. The van der Waals surface area contributed by atoms with Crippen molar-refractivity contribution >= 4 is 128 Å². The largest absolute Gasteiger partial charge is 0.208 e. The summed E-state index contributed by atoms with van der Waals surface area (Å²) in [4.78, 5) is 33.8. The lowest BCUT2D eigenvalue weighted by atomic mass is 9.88. The molecule has 110 heavy (non-hydrogen) atoms. The topological polar surface area (TPSA) is 77.3 Å². The minimum absolute atomic E-state index is 0.589. The van der Waals surface area contributed by atoms with Gasteiger partial charge in [0.05, 0.1) is 0 Å². The molecular weight excluding hydrogens is 1370 g/mol. The maximum Gasteiger partial charge on any atom is 0.165 e. The lowest BCUT2D eigenvalue weighted by Gasteiger charge is -2.17. The first-order valence-corrected chi connectivity index (χ1v) is 38.7. The van der Waals surface area contributed by atoms with Crippen molar-refractivity contribution in [2.24, 2.45) is 0 Å². The lowest BCUT2D eigenvalue weighted by Crippen LogP contribution is -2.02.